The van der Waals surface area contributed by atoms with E-state index in [1.807, 2.05) is 21.1 Å². The van der Waals surface area contributed by atoms with Crippen LogP contribution in [0, 0.1) is 0 Å². The minimum atomic E-state index is -4.63. The number of hydrogen-bond donors (Lipinski definition) is 0. The summed E-state index contributed by atoms with van der Waals surface area (Å²) in [5.41, 5.74) is 0. The fourth-order valence-electron chi connectivity index (χ4n) is 5.86. The van der Waals surface area contributed by atoms with E-state index in [-0.39, 0.29) is 26.1 Å². The van der Waals surface area contributed by atoms with E-state index >= 15 is 0 Å². The minimum absolute atomic E-state index is 0.0366. The maximum absolute atomic E-state index is 12.7. The SMILES string of the molecule is CC/C=C\C/C=C\C/C=C\C/C=C\C/C=C\CCCCCCCCCCCC(=O)OC(COC(=O)CCCCCCC/C=C\CCC)COP(=O)([O-])OCC[N+](C)(C)C. The van der Waals surface area contributed by atoms with Gasteiger partial charge in [-0.25, -0.2) is 0 Å². The van der Waals surface area contributed by atoms with Gasteiger partial charge in [-0.05, 0) is 77.0 Å². The van der Waals surface area contributed by atoms with Crippen LogP contribution in [0.25, 0.3) is 0 Å². The second-order valence-electron chi connectivity index (χ2n) is 16.4. The molecule has 0 fully saturated rings. The van der Waals surface area contributed by atoms with E-state index in [9.17, 15) is 19.0 Å². The Morgan fingerprint density at radius 1 is 0.542 bits per heavy atom. The van der Waals surface area contributed by atoms with Crippen LogP contribution in [0.2, 0.25) is 0 Å². The van der Waals surface area contributed by atoms with Gasteiger partial charge in [-0.3, -0.25) is 14.2 Å². The number of esters is 2. The van der Waals surface area contributed by atoms with Crippen LogP contribution in [0.15, 0.2) is 72.9 Å². The first-order valence-corrected chi connectivity index (χ1v) is 24.6. The maximum atomic E-state index is 12.7. The number of hydrogen-bond acceptors (Lipinski definition) is 8. The van der Waals surface area contributed by atoms with Crippen molar-refractivity contribution in [3.63, 3.8) is 0 Å². The number of phosphoric ester groups is 1. The molecule has 0 radical (unpaired) electrons. The minimum Gasteiger partial charge on any atom is -0.756 e. The van der Waals surface area contributed by atoms with Gasteiger partial charge in [-0.2, -0.15) is 0 Å². The summed E-state index contributed by atoms with van der Waals surface area (Å²) in [4.78, 5) is 37.5. The highest BCUT2D eigenvalue weighted by Gasteiger charge is 2.21. The van der Waals surface area contributed by atoms with Crippen LogP contribution < -0.4 is 4.89 Å². The lowest BCUT2D eigenvalue weighted by Crippen LogP contribution is -2.37. The predicted octanol–water partition coefficient (Wildman–Crippen LogP) is 12.8. The Labute approximate surface area is 361 Å². The number of rotatable bonds is 41. The second-order valence-corrected chi connectivity index (χ2v) is 17.8. The van der Waals surface area contributed by atoms with E-state index in [0.29, 0.717) is 23.9 Å². The van der Waals surface area contributed by atoms with Crippen LogP contribution >= 0.6 is 7.82 Å². The summed E-state index contributed by atoms with van der Waals surface area (Å²) in [5, 5.41) is 0. The third kappa shape index (κ3) is 44.8. The molecule has 0 amide bonds. The molecule has 59 heavy (non-hydrogen) atoms. The van der Waals surface area contributed by atoms with Crippen molar-refractivity contribution in [1.29, 1.82) is 0 Å². The van der Waals surface area contributed by atoms with E-state index < -0.39 is 32.5 Å². The van der Waals surface area contributed by atoms with Crippen LogP contribution in [0.3, 0.4) is 0 Å². The molecule has 0 aromatic carbocycles. The van der Waals surface area contributed by atoms with E-state index in [4.69, 9.17) is 18.5 Å². The van der Waals surface area contributed by atoms with Gasteiger partial charge in [-0.15, -0.1) is 0 Å². The second kappa shape index (κ2) is 40.8. The molecule has 2 unspecified atom stereocenters. The monoisotopic (exact) mass is 848 g/mol. The molecular weight excluding hydrogens is 762 g/mol. The Balaban J connectivity index is 4.24. The molecule has 0 aromatic heterocycles. The molecule has 340 valence electrons. The number of carbonyl (C=O) groups is 2. The topological polar surface area (TPSA) is 111 Å². The summed E-state index contributed by atoms with van der Waals surface area (Å²) in [6.45, 7) is 4.02. The molecule has 0 bridgehead atoms. The van der Waals surface area contributed by atoms with Gasteiger partial charge in [-0.1, -0.05) is 157 Å². The molecule has 10 heteroatoms. The molecule has 0 saturated carbocycles. The van der Waals surface area contributed by atoms with Gasteiger partial charge < -0.3 is 27.9 Å². The fraction of sp³-hybridized carbons (Fsp3) is 0.714. The highest BCUT2D eigenvalue weighted by atomic mass is 31.2. The molecule has 0 heterocycles. The van der Waals surface area contributed by atoms with Crippen molar-refractivity contribution in [3.05, 3.63) is 72.9 Å². The predicted molar refractivity (Wildman–Crippen MR) is 245 cm³/mol. The van der Waals surface area contributed by atoms with Crippen LogP contribution in [0.5, 0.6) is 0 Å². The molecule has 0 rings (SSSR count). The van der Waals surface area contributed by atoms with Gasteiger partial charge in [0.05, 0.1) is 27.7 Å². The summed E-state index contributed by atoms with van der Waals surface area (Å²) in [7, 11) is 1.15. The first kappa shape index (κ1) is 56.5. The number of carbonyl (C=O) groups excluding carboxylic acids is 2. The molecule has 0 aliphatic carbocycles. The summed E-state index contributed by atoms with van der Waals surface area (Å²) < 4.78 is 33.9. The smallest absolute Gasteiger partial charge is 0.306 e. The van der Waals surface area contributed by atoms with Crippen molar-refractivity contribution in [1.82, 2.24) is 0 Å². The van der Waals surface area contributed by atoms with E-state index in [1.165, 1.54) is 38.5 Å². The molecule has 2 atom stereocenters. The first-order valence-electron chi connectivity index (χ1n) is 23.1. The average molecular weight is 848 g/mol. The summed E-state index contributed by atoms with van der Waals surface area (Å²) >= 11 is 0. The highest BCUT2D eigenvalue weighted by molar-refractivity contribution is 7.45. The lowest BCUT2D eigenvalue weighted by atomic mass is 10.1. The van der Waals surface area contributed by atoms with Crippen LogP contribution in [0.4, 0.5) is 0 Å². The third-order valence-corrected chi connectivity index (χ3v) is 10.4. The van der Waals surface area contributed by atoms with Crippen LogP contribution in [0.1, 0.15) is 174 Å². The van der Waals surface area contributed by atoms with Crippen molar-refractivity contribution in [3.8, 4) is 0 Å². The van der Waals surface area contributed by atoms with Gasteiger partial charge in [0, 0.05) is 12.8 Å². The number of phosphoric acid groups is 1. The molecule has 0 aromatic rings. The third-order valence-electron chi connectivity index (χ3n) is 9.44. The molecule has 0 aliphatic heterocycles. The van der Waals surface area contributed by atoms with Crippen LogP contribution in [-0.4, -0.2) is 70.0 Å². The summed E-state index contributed by atoms with van der Waals surface area (Å²) in [6.07, 6.45) is 50.8. The first-order chi connectivity index (χ1) is 28.5. The average Bonchev–Trinajstić information content (AvgIpc) is 3.19. The van der Waals surface area contributed by atoms with E-state index in [1.54, 1.807) is 0 Å². The van der Waals surface area contributed by atoms with Crippen LogP contribution in [-0.2, 0) is 32.7 Å². The Bertz CT molecular complexity index is 1230. The number of likely N-dealkylation sites (N-methyl/N-ethyl adjacent to an activating group) is 1. The Morgan fingerprint density at radius 2 is 0.966 bits per heavy atom. The Hall–Kier alpha value is -2.55. The van der Waals surface area contributed by atoms with Crippen molar-refractivity contribution in [2.45, 2.75) is 180 Å². The zero-order chi connectivity index (χ0) is 43.6. The standard InChI is InChI=1S/C49H86NO8P/c1-6-8-10-12-14-16-18-19-20-21-22-23-24-25-26-27-28-29-30-31-32-34-36-38-40-42-49(52)58-47(46-57-59(53,54)56-44-43-50(3,4)5)45-55-48(51)41-39-37-35-33-17-15-13-11-9-7-2/h8,10-11,13-14,16,19-20,22-23,25-26,47H,6-7,9,12,15,17-18,21,24,27-46H2,1-5H3/b10-8-,13-11-,16-14-,20-19-,23-22-,26-25-. The van der Waals surface area contributed by atoms with Crippen molar-refractivity contribution >= 4 is 19.8 Å². The Kier molecular flexibility index (Phi) is 39.1. The summed E-state index contributed by atoms with van der Waals surface area (Å²) in [5.74, 6) is -0.859. The maximum Gasteiger partial charge on any atom is 0.306 e. The lowest BCUT2D eigenvalue weighted by molar-refractivity contribution is -0.870. The molecule has 0 aliphatic rings. The highest BCUT2D eigenvalue weighted by Crippen LogP contribution is 2.38. The normalized spacial score (nSPS) is 14.2. The van der Waals surface area contributed by atoms with Gasteiger partial charge in [0.1, 0.15) is 19.8 Å². The van der Waals surface area contributed by atoms with Crippen molar-refractivity contribution in [2.75, 3.05) is 47.5 Å². The van der Waals surface area contributed by atoms with E-state index in [0.717, 1.165) is 96.3 Å². The molecule has 9 nitrogen and oxygen atoms in total. The van der Waals surface area contributed by atoms with Crippen molar-refractivity contribution < 1.29 is 42.1 Å². The Morgan fingerprint density at radius 3 is 1.46 bits per heavy atom. The van der Waals surface area contributed by atoms with Gasteiger partial charge >= 0.3 is 11.9 Å². The van der Waals surface area contributed by atoms with Gasteiger partial charge in [0.2, 0.25) is 0 Å². The zero-order valence-electron chi connectivity index (χ0n) is 38.2. The molecule has 0 spiro atoms. The van der Waals surface area contributed by atoms with Gasteiger partial charge in [0.25, 0.3) is 7.82 Å². The zero-order valence-corrected chi connectivity index (χ0v) is 39.1. The van der Waals surface area contributed by atoms with Gasteiger partial charge in [0.15, 0.2) is 6.10 Å². The number of nitrogens with zero attached hydrogens (tertiary/aromatic N) is 1. The fourth-order valence-corrected chi connectivity index (χ4v) is 6.59. The van der Waals surface area contributed by atoms with E-state index in [2.05, 4.69) is 86.8 Å². The number of ether oxygens (including phenoxy) is 2. The number of allylic oxidation sites excluding steroid dienone is 12. The molecule has 0 saturated heterocycles. The lowest BCUT2D eigenvalue weighted by Gasteiger charge is -2.28. The quantitative estimate of drug-likeness (QED) is 0.0197. The molecular formula is C49H86NO8P. The number of quaternary nitrogens is 1. The van der Waals surface area contributed by atoms with Crippen molar-refractivity contribution in [2.24, 2.45) is 0 Å². The number of unbranched alkanes of at least 4 members (excludes halogenated alkanes) is 15. The molecule has 0 N–H and O–H groups in total. The largest absolute Gasteiger partial charge is 0.756 e. The summed E-state index contributed by atoms with van der Waals surface area (Å²) in [6, 6.07) is 0.